The molecule has 0 spiro atoms. The molecule has 2 aromatic carbocycles. The quantitative estimate of drug-likeness (QED) is 0.810. The molecule has 23 heavy (non-hydrogen) atoms. The lowest BCUT2D eigenvalue weighted by molar-refractivity contribution is -0.141. The summed E-state index contributed by atoms with van der Waals surface area (Å²) in [4.78, 5) is 23.4. The summed E-state index contributed by atoms with van der Waals surface area (Å²) in [6.45, 7) is 0. The third-order valence-electron chi connectivity index (χ3n) is 3.27. The van der Waals surface area contributed by atoms with Crippen molar-refractivity contribution >= 4 is 27.8 Å². The Kier molecular flexibility index (Phi) is 5.87. The highest BCUT2D eigenvalue weighted by Gasteiger charge is 2.21. The molecule has 0 saturated carbocycles. The molecule has 0 aliphatic carbocycles. The molecule has 120 valence electrons. The van der Waals surface area contributed by atoms with Crippen LogP contribution in [0.4, 0.5) is 4.39 Å². The zero-order valence-electron chi connectivity index (χ0n) is 12.1. The number of carbonyl (C=O) groups excluding carboxylic acids is 1. The van der Waals surface area contributed by atoms with E-state index in [1.165, 1.54) is 18.2 Å². The molecule has 0 aliphatic rings. The average molecular weight is 380 g/mol. The molecule has 1 atom stereocenters. The van der Waals surface area contributed by atoms with Crippen LogP contribution in [-0.2, 0) is 22.4 Å². The smallest absolute Gasteiger partial charge is 0.326 e. The summed E-state index contributed by atoms with van der Waals surface area (Å²) in [6, 6.07) is 11.8. The fourth-order valence-electron chi connectivity index (χ4n) is 2.16. The van der Waals surface area contributed by atoms with Gasteiger partial charge in [0.15, 0.2) is 0 Å². The number of nitrogens with one attached hydrogen (secondary N) is 1. The lowest BCUT2D eigenvalue weighted by Gasteiger charge is -2.15. The topological polar surface area (TPSA) is 66.4 Å². The van der Waals surface area contributed by atoms with Gasteiger partial charge in [-0.3, -0.25) is 4.79 Å². The lowest BCUT2D eigenvalue weighted by Crippen LogP contribution is -2.43. The van der Waals surface area contributed by atoms with Gasteiger partial charge in [0.1, 0.15) is 11.9 Å². The van der Waals surface area contributed by atoms with E-state index in [0.717, 1.165) is 10.0 Å². The summed E-state index contributed by atoms with van der Waals surface area (Å²) in [6.07, 6.45) is 0.0865. The van der Waals surface area contributed by atoms with Crippen molar-refractivity contribution in [3.8, 4) is 0 Å². The number of carboxylic acids is 1. The lowest BCUT2D eigenvalue weighted by atomic mass is 10.1. The van der Waals surface area contributed by atoms with Crippen molar-refractivity contribution in [2.75, 3.05) is 0 Å². The molecule has 2 rings (SSSR count). The van der Waals surface area contributed by atoms with Crippen LogP contribution in [0, 0.1) is 5.82 Å². The molecule has 2 N–H and O–H groups in total. The first kappa shape index (κ1) is 17.1. The second kappa shape index (κ2) is 7.87. The van der Waals surface area contributed by atoms with Crippen LogP contribution in [0.3, 0.4) is 0 Å². The number of hydrogen-bond acceptors (Lipinski definition) is 2. The molecular formula is C17H15BrFNO3. The SMILES string of the molecule is O=C(Cc1cccc(F)c1)N[C@@H](Cc1ccccc1Br)C(=O)O. The highest BCUT2D eigenvalue weighted by molar-refractivity contribution is 9.10. The van der Waals surface area contributed by atoms with E-state index in [-0.39, 0.29) is 12.8 Å². The van der Waals surface area contributed by atoms with Gasteiger partial charge in [-0.15, -0.1) is 0 Å². The van der Waals surface area contributed by atoms with Gasteiger partial charge in [-0.25, -0.2) is 9.18 Å². The molecule has 0 saturated heterocycles. The first-order valence-electron chi connectivity index (χ1n) is 6.95. The molecule has 0 bridgehead atoms. The normalized spacial score (nSPS) is 11.7. The number of hydrogen-bond donors (Lipinski definition) is 2. The predicted octanol–water partition coefficient (Wildman–Crippen LogP) is 2.94. The zero-order chi connectivity index (χ0) is 16.8. The minimum absolute atomic E-state index is 0.0719. The second-order valence-electron chi connectivity index (χ2n) is 5.06. The molecule has 0 heterocycles. The van der Waals surface area contributed by atoms with Crippen LogP contribution in [0.2, 0.25) is 0 Å². The van der Waals surface area contributed by atoms with Gasteiger partial charge in [0, 0.05) is 10.9 Å². The van der Waals surface area contributed by atoms with Gasteiger partial charge in [-0.2, -0.15) is 0 Å². The summed E-state index contributed by atoms with van der Waals surface area (Å²) in [5.41, 5.74) is 1.28. The van der Waals surface area contributed by atoms with Gasteiger partial charge < -0.3 is 10.4 Å². The van der Waals surface area contributed by atoms with Crippen LogP contribution in [0.25, 0.3) is 0 Å². The minimum atomic E-state index is -1.12. The molecular weight excluding hydrogens is 365 g/mol. The van der Waals surface area contributed by atoms with E-state index in [0.29, 0.717) is 5.56 Å². The number of benzene rings is 2. The Morgan fingerprint density at radius 2 is 1.91 bits per heavy atom. The van der Waals surface area contributed by atoms with Crippen molar-refractivity contribution in [3.63, 3.8) is 0 Å². The standard InChI is InChI=1S/C17H15BrFNO3/c18-14-7-2-1-5-12(14)10-15(17(22)23)20-16(21)9-11-4-3-6-13(19)8-11/h1-8,15H,9-10H2,(H,20,21)(H,22,23)/t15-/m0/s1. The van der Waals surface area contributed by atoms with E-state index in [1.807, 2.05) is 12.1 Å². The number of carbonyl (C=O) groups is 2. The summed E-state index contributed by atoms with van der Waals surface area (Å²) in [7, 11) is 0. The number of amides is 1. The fourth-order valence-corrected chi connectivity index (χ4v) is 2.61. The van der Waals surface area contributed by atoms with E-state index < -0.39 is 23.7 Å². The van der Waals surface area contributed by atoms with E-state index in [4.69, 9.17) is 0 Å². The van der Waals surface area contributed by atoms with Crippen LogP contribution in [0.1, 0.15) is 11.1 Å². The average Bonchev–Trinajstić information content (AvgIpc) is 2.48. The van der Waals surface area contributed by atoms with Crippen molar-refractivity contribution in [3.05, 3.63) is 69.9 Å². The Labute approximate surface area is 141 Å². The van der Waals surface area contributed by atoms with Gasteiger partial charge in [0.05, 0.1) is 6.42 Å². The van der Waals surface area contributed by atoms with Crippen molar-refractivity contribution in [2.45, 2.75) is 18.9 Å². The fraction of sp³-hybridized carbons (Fsp3) is 0.176. The van der Waals surface area contributed by atoms with Crippen LogP contribution in [0.5, 0.6) is 0 Å². The molecule has 2 aromatic rings. The molecule has 1 amide bonds. The Balaban J connectivity index is 2.03. The minimum Gasteiger partial charge on any atom is -0.480 e. The van der Waals surface area contributed by atoms with Crippen LogP contribution < -0.4 is 5.32 Å². The maximum Gasteiger partial charge on any atom is 0.326 e. The number of carboxylic acid groups (broad SMARTS) is 1. The van der Waals surface area contributed by atoms with Crippen LogP contribution in [-0.4, -0.2) is 23.0 Å². The molecule has 4 nitrogen and oxygen atoms in total. The molecule has 0 aromatic heterocycles. The first-order chi connectivity index (χ1) is 11.0. The van der Waals surface area contributed by atoms with Crippen molar-refractivity contribution in [1.29, 1.82) is 0 Å². The van der Waals surface area contributed by atoms with Crippen LogP contribution >= 0.6 is 15.9 Å². The Morgan fingerprint density at radius 3 is 2.57 bits per heavy atom. The highest BCUT2D eigenvalue weighted by atomic mass is 79.9. The maximum atomic E-state index is 13.1. The van der Waals surface area contributed by atoms with Crippen molar-refractivity contribution in [2.24, 2.45) is 0 Å². The van der Waals surface area contributed by atoms with E-state index in [9.17, 15) is 19.1 Å². The second-order valence-corrected chi connectivity index (χ2v) is 5.91. The Morgan fingerprint density at radius 1 is 1.17 bits per heavy atom. The maximum absolute atomic E-state index is 13.1. The van der Waals surface area contributed by atoms with Crippen molar-refractivity contribution in [1.82, 2.24) is 5.32 Å². The number of aliphatic carboxylic acids is 1. The number of halogens is 2. The van der Waals surface area contributed by atoms with Gasteiger partial charge in [0.2, 0.25) is 5.91 Å². The van der Waals surface area contributed by atoms with E-state index >= 15 is 0 Å². The zero-order valence-corrected chi connectivity index (χ0v) is 13.7. The summed E-state index contributed by atoms with van der Waals surface area (Å²) in [5, 5.41) is 11.8. The molecule has 0 fully saturated rings. The third-order valence-corrected chi connectivity index (χ3v) is 4.04. The molecule has 6 heteroatoms. The van der Waals surface area contributed by atoms with Crippen LogP contribution in [0.15, 0.2) is 53.0 Å². The van der Waals surface area contributed by atoms with E-state index in [1.54, 1.807) is 18.2 Å². The predicted molar refractivity (Wildman–Crippen MR) is 87.5 cm³/mol. The monoisotopic (exact) mass is 379 g/mol. The molecule has 0 aliphatic heterocycles. The van der Waals surface area contributed by atoms with E-state index in [2.05, 4.69) is 21.2 Å². The summed E-state index contributed by atoms with van der Waals surface area (Å²) in [5.74, 6) is -2.01. The first-order valence-corrected chi connectivity index (χ1v) is 7.75. The summed E-state index contributed by atoms with van der Waals surface area (Å²) >= 11 is 3.35. The summed E-state index contributed by atoms with van der Waals surface area (Å²) < 4.78 is 13.9. The van der Waals surface area contributed by atoms with Gasteiger partial charge >= 0.3 is 5.97 Å². The highest BCUT2D eigenvalue weighted by Crippen LogP contribution is 2.17. The molecule has 0 unspecified atom stereocenters. The Hall–Kier alpha value is -2.21. The Bertz CT molecular complexity index is 720. The third kappa shape index (κ3) is 5.17. The van der Waals surface area contributed by atoms with Gasteiger partial charge in [-0.05, 0) is 29.3 Å². The number of rotatable bonds is 6. The largest absolute Gasteiger partial charge is 0.480 e. The van der Waals surface area contributed by atoms with Crippen molar-refractivity contribution < 1.29 is 19.1 Å². The van der Waals surface area contributed by atoms with Gasteiger partial charge in [-0.1, -0.05) is 46.3 Å². The molecule has 0 radical (unpaired) electrons. The van der Waals surface area contributed by atoms with Gasteiger partial charge in [0.25, 0.3) is 0 Å².